The van der Waals surface area contributed by atoms with Crippen molar-refractivity contribution in [3.05, 3.63) is 31.3 Å². The van der Waals surface area contributed by atoms with Gasteiger partial charge in [-0.25, -0.2) is 9.36 Å². The van der Waals surface area contributed by atoms with Crippen molar-refractivity contribution in [2.45, 2.75) is 32.7 Å². The Kier molecular flexibility index (Phi) is 3.01. The molecule has 6 nitrogen and oxygen atoms in total. The second-order valence-electron chi connectivity index (χ2n) is 5.27. The van der Waals surface area contributed by atoms with Crippen molar-refractivity contribution in [2.75, 3.05) is 0 Å². The minimum absolute atomic E-state index is 0.488. The third kappa shape index (κ3) is 1.98. The molecule has 1 aliphatic carbocycles. The maximum absolute atomic E-state index is 12.4. The van der Waals surface area contributed by atoms with E-state index in [4.69, 9.17) is 5.11 Å². The molecule has 1 atom stereocenters. The average molecular weight is 294 g/mol. The van der Waals surface area contributed by atoms with Gasteiger partial charge < -0.3 is 5.11 Å². The maximum atomic E-state index is 12.4. The van der Waals surface area contributed by atoms with Crippen LogP contribution in [0.2, 0.25) is 0 Å². The second-order valence-corrected chi connectivity index (χ2v) is 6.38. The molecule has 2 aromatic rings. The topological polar surface area (TPSA) is 92.2 Å². The Balaban J connectivity index is 2.29. The fourth-order valence-electron chi connectivity index (χ4n) is 2.74. The monoisotopic (exact) mass is 294 g/mol. The van der Waals surface area contributed by atoms with E-state index in [9.17, 15) is 14.4 Å². The van der Waals surface area contributed by atoms with Crippen molar-refractivity contribution in [3.8, 4) is 0 Å². The van der Waals surface area contributed by atoms with Gasteiger partial charge >= 0.3 is 11.7 Å². The molecule has 2 N–H and O–H groups in total. The Morgan fingerprint density at radius 3 is 2.95 bits per heavy atom. The van der Waals surface area contributed by atoms with Gasteiger partial charge in [-0.3, -0.25) is 14.6 Å². The number of hydrogen-bond acceptors (Lipinski definition) is 4. The van der Waals surface area contributed by atoms with Crippen LogP contribution in [0.4, 0.5) is 0 Å². The Morgan fingerprint density at radius 1 is 1.50 bits per heavy atom. The zero-order valence-corrected chi connectivity index (χ0v) is 11.7. The van der Waals surface area contributed by atoms with Gasteiger partial charge in [-0.1, -0.05) is 6.92 Å². The SMILES string of the molecule is CC1CCc2c(sc3[nH]c(=O)n(CC(=O)O)c(=O)c23)C1. The van der Waals surface area contributed by atoms with Gasteiger partial charge in [0.15, 0.2) is 0 Å². The van der Waals surface area contributed by atoms with Crippen LogP contribution >= 0.6 is 11.3 Å². The van der Waals surface area contributed by atoms with E-state index < -0.39 is 23.8 Å². The number of aliphatic carboxylic acids is 1. The van der Waals surface area contributed by atoms with E-state index in [1.54, 1.807) is 0 Å². The minimum Gasteiger partial charge on any atom is -0.480 e. The first-order valence-corrected chi connectivity index (χ1v) is 7.28. The fourth-order valence-corrected chi connectivity index (χ4v) is 4.13. The van der Waals surface area contributed by atoms with Crippen molar-refractivity contribution < 1.29 is 9.90 Å². The zero-order chi connectivity index (χ0) is 14.4. The molecule has 0 saturated carbocycles. The van der Waals surface area contributed by atoms with Crippen LogP contribution in [0.5, 0.6) is 0 Å². The largest absolute Gasteiger partial charge is 0.480 e. The molecule has 7 heteroatoms. The van der Waals surface area contributed by atoms with Gasteiger partial charge in [0.25, 0.3) is 5.56 Å². The van der Waals surface area contributed by atoms with E-state index in [1.165, 1.54) is 11.3 Å². The number of aromatic nitrogens is 2. The lowest BCUT2D eigenvalue weighted by atomic mass is 9.89. The molecule has 1 aliphatic rings. The third-order valence-electron chi connectivity index (χ3n) is 3.73. The van der Waals surface area contributed by atoms with Crippen LogP contribution in [0, 0.1) is 5.92 Å². The molecule has 2 heterocycles. The highest BCUT2D eigenvalue weighted by Crippen LogP contribution is 2.35. The molecule has 1 unspecified atom stereocenters. The summed E-state index contributed by atoms with van der Waals surface area (Å²) in [5.74, 6) is -0.627. The first kappa shape index (κ1) is 13.1. The average Bonchev–Trinajstić information content (AvgIpc) is 2.71. The maximum Gasteiger partial charge on any atom is 0.329 e. The van der Waals surface area contributed by atoms with E-state index in [-0.39, 0.29) is 0 Å². The number of carbonyl (C=O) groups is 1. The molecule has 20 heavy (non-hydrogen) atoms. The Bertz CT molecular complexity index is 814. The molecule has 0 aliphatic heterocycles. The number of carboxylic acids is 1. The highest BCUT2D eigenvalue weighted by molar-refractivity contribution is 7.18. The number of aryl methyl sites for hydroxylation is 1. The lowest BCUT2D eigenvalue weighted by molar-refractivity contribution is -0.137. The zero-order valence-electron chi connectivity index (χ0n) is 10.9. The van der Waals surface area contributed by atoms with Crippen LogP contribution in [0.1, 0.15) is 23.8 Å². The van der Waals surface area contributed by atoms with Crippen LogP contribution < -0.4 is 11.2 Å². The summed E-state index contributed by atoms with van der Waals surface area (Å²) in [6.45, 7) is 1.56. The van der Waals surface area contributed by atoms with Gasteiger partial charge in [0.2, 0.25) is 0 Å². The van der Waals surface area contributed by atoms with Gasteiger partial charge in [-0.05, 0) is 30.7 Å². The normalized spacial score (nSPS) is 18.1. The van der Waals surface area contributed by atoms with E-state index in [0.29, 0.717) is 16.1 Å². The molecule has 0 saturated heterocycles. The molecular weight excluding hydrogens is 280 g/mol. The van der Waals surface area contributed by atoms with Gasteiger partial charge in [-0.15, -0.1) is 11.3 Å². The van der Waals surface area contributed by atoms with E-state index in [1.807, 2.05) is 0 Å². The van der Waals surface area contributed by atoms with Gasteiger partial charge in [0, 0.05) is 4.88 Å². The second kappa shape index (κ2) is 4.59. The number of nitrogens with zero attached hydrogens (tertiary/aromatic N) is 1. The van der Waals surface area contributed by atoms with Crippen molar-refractivity contribution in [1.29, 1.82) is 0 Å². The van der Waals surface area contributed by atoms with Crippen molar-refractivity contribution in [2.24, 2.45) is 5.92 Å². The Morgan fingerprint density at radius 2 is 2.25 bits per heavy atom. The number of hydrogen-bond donors (Lipinski definition) is 2. The number of aromatic amines is 1. The summed E-state index contributed by atoms with van der Waals surface area (Å²) in [6, 6.07) is 0. The molecule has 0 spiro atoms. The number of nitrogens with one attached hydrogen (secondary N) is 1. The molecule has 106 valence electrons. The first-order chi connectivity index (χ1) is 9.47. The van der Waals surface area contributed by atoms with Gasteiger partial charge in [0.1, 0.15) is 11.4 Å². The van der Waals surface area contributed by atoms with Crippen LogP contribution in [0.15, 0.2) is 9.59 Å². The molecule has 0 fully saturated rings. The summed E-state index contributed by atoms with van der Waals surface area (Å²) in [5, 5.41) is 9.30. The van der Waals surface area contributed by atoms with E-state index in [2.05, 4.69) is 11.9 Å². The number of H-pyrrole nitrogens is 1. The van der Waals surface area contributed by atoms with Crippen LogP contribution in [0.25, 0.3) is 10.2 Å². The summed E-state index contributed by atoms with van der Waals surface area (Å²) >= 11 is 1.44. The molecule has 0 aromatic carbocycles. The quantitative estimate of drug-likeness (QED) is 0.863. The van der Waals surface area contributed by atoms with Crippen molar-refractivity contribution in [1.82, 2.24) is 9.55 Å². The van der Waals surface area contributed by atoms with Crippen molar-refractivity contribution >= 4 is 27.5 Å². The number of thiophene rings is 1. The molecule has 0 amide bonds. The standard InChI is InChI=1S/C13H14N2O4S/c1-6-2-3-7-8(4-6)20-11-10(7)12(18)15(5-9(16)17)13(19)14-11/h6H,2-5H2,1H3,(H,14,19)(H,16,17). The summed E-state index contributed by atoms with van der Waals surface area (Å²) in [6.07, 6.45) is 2.73. The lowest BCUT2D eigenvalue weighted by Gasteiger charge is -2.17. The van der Waals surface area contributed by atoms with Crippen molar-refractivity contribution in [3.63, 3.8) is 0 Å². The third-order valence-corrected chi connectivity index (χ3v) is 4.90. The highest BCUT2D eigenvalue weighted by atomic mass is 32.1. The Hall–Kier alpha value is -1.89. The van der Waals surface area contributed by atoms with Crippen LogP contribution in [-0.4, -0.2) is 20.6 Å². The summed E-state index contributed by atoms with van der Waals surface area (Å²) in [7, 11) is 0. The predicted octanol–water partition coefficient (Wildman–Crippen LogP) is 0.961. The number of carboxylic acid groups (broad SMARTS) is 1. The number of rotatable bonds is 2. The molecule has 0 radical (unpaired) electrons. The fraction of sp³-hybridized carbons (Fsp3) is 0.462. The van der Waals surface area contributed by atoms with E-state index >= 15 is 0 Å². The van der Waals surface area contributed by atoms with Gasteiger partial charge in [-0.2, -0.15) is 0 Å². The predicted molar refractivity (Wildman–Crippen MR) is 75.5 cm³/mol. The summed E-state index contributed by atoms with van der Waals surface area (Å²) in [4.78, 5) is 39.3. The van der Waals surface area contributed by atoms with E-state index in [0.717, 1.165) is 34.3 Å². The molecule has 3 rings (SSSR count). The summed E-state index contributed by atoms with van der Waals surface area (Å²) in [5.41, 5.74) is -0.154. The number of fused-ring (bicyclic) bond motifs is 3. The van der Waals surface area contributed by atoms with Crippen LogP contribution in [0.3, 0.4) is 0 Å². The smallest absolute Gasteiger partial charge is 0.329 e. The summed E-state index contributed by atoms with van der Waals surface area (Å²) < 4.78 is 0.760. The highest BCUT2D eigenvalue weighted by Gasteiger charge is 2.23. The lowest BCUT2D eigenvalue weighted by Crippen LogP contribution is -2.37. The molecule has 2 aromatic heterocycles. The molecule has 0 bridgehead atoms. The van der Waals surface area contributed by atoms with Gasteiger partial charge in [0.05, 0.1) is 5.39 Å². The van der Waals surface area contributed by atoms with Crippen LogP contribution in [-0.2, 0) is 24.2 Å². The Labute approximate surface area is 117 Å². The molecular formula is C13H14N2O4S. The minimum atomic E-state index is -1.20. The first-order valence-electron chi connectivity index (χ1n) is 6.46.